The molecule has 36 heteroatoms. The largest absolute Gasteiger partial charge is 0.507 e. The van der Waals surface area contributed by atoms with Gasteiger partial charge in [-0.15, -0.1) is 11.0 Å². The second kappa shape index (κ2) is 39.9. The normalized spacial score (nSPS) is 10.8. The van der Waals surface area contributed by atoms with Gasteiger partial charge in [-0.25, -0.2) is 32.4 Å². The molecule has 0 bridgehead atoms. The minimum absolute atomic E-state index is 0.00349. The molecule has 10 aromatic carbocycles. The Morgan fingerprint density at radius 3 is 1.55 bits per heavy atom. The molecule has 5 heterocycles. The number of sulfonamides is 1. The highest BCUT2D eigenvalue weighted by molar-refractivity contribution is 9.10. The third kappa shape index (κ3) is 20.6. The lowest BCUT2D eigenvalue weighted by atomic mass is 9.97. The lowest BCUT2D eigenvalue weighted by Crippen LogP contribution is -2.21. The van der Waals surface area contributed by atoms with Crippen LogP contribution < -0.4 is 19.3 Å². The highest BCUT2D eigenvalue weighted by Crippen LogP contribution is 2.46. The van der Waals surface area contributed by atoms with Gasteiger partial charge in [-0.1, -0.05) is 105 Å². The number of hydrogen-bond acceptors (Lipinski definition) is 26. The molecule has 0 aliphatic rings. The molecule has 125 heavy (non-hydrogen) atoms. The molecule has 0 spiro atoms. The molecule has 0 aliphatic carbocycles. The number of aromatic nitrogens is 9. The molecule has 5 aromatic heterocycles. The number of nitrogens with two attached hydrogens (primary N) is 1. The monoisotopic (exact) mass is 1840 g/mol. The van der Waals surface area contributed by atoms with Crippen LogP contribution >= 0.6 is 50.7 Å². The predicted octanol–water partition coefficient (Wildman–Crippen LogP) is 17.5. The number of carbonyl (C=O) groups is 2. The minimum atomic E-state index is -4.17. The number of ether oxygens (including phenoxy) is 4. The summed E-state index contributed by atoms with van der Waals surface area (Å²) >= 11 is 21.6. The SMILES string of the molecule is CC#CCc1cc(-c2onc(C)c2-c2ccc(OC)cc2)c(O)cc1O.CCOC(=O)c1nnn(-c2cc(Cl)c(O)cc2O)c1-c1ccc(OC)cc1.CN(C)C(=O)c1cc(-c2ccnn2-c2ccccc2Cl)c(O)cc1O.COc1ccc(-c2c(-c3cc(Br)c(O)cc3O)noc2C)cc1.NS(=O)(=O)c1cc(-c2ccnn2-c2ccccc2Cl)c(O)cc1O. The number of benzene rings is 10. The molecular weight excluding hydrogens is 1760 g/mol. The van der Waals surface area contributed by atoms with Gasteiger partial charge in [0, 0.05) is 78.7 Å². The van der Waals surface area contributed by atoms with Gasteiger partial charge in [0.15, 0.2) is 11.5 Å². The van der Waals surface area contributed by atoms with E-state index in [4.69, 9.17) is 67.9 Å². The Morgan fingerprint density at radius 2 is 1.02 bits per heavy atom. The van der Waals surface area contributed by atoms with Crippen molar-refractivity contribution in [1.29, 1.82) is 0 Å². The van der Waals surface area contributed by atoms with Gasteiger partial charge in [-0.05, 0) is 170 Å². The highest BCUT2D eigenvalue weighted by atomic mass is 79.9. The summed E-state index contributed by atoms with van der Waals surface area (Å²) in [6, 6.07) is 52.1. The number of phenolic OH excluding ortho intramolecular Hbond substituents is 10. The molecule has 12 N–H and O–H groups in total. The molecule has 0 radical (unpaired) electrons. The van der Waals surface area contributed by atoms with E-state index in [-0.39, 0.29) is 91.8 Å². The number of phenols is 10. The van der Waals surface area contributed by atoms with Gasteiger partial charge in [0.2, 0.25) is 10.0 Å². The predicted molar refractivity (Wildman–Crippen MR) is 471 cm³/mol. The number of halogens is 4. The molecule has 0 saturated carbocycles. The van der Waals surface area contributed by atoms with Crippen molar-refractivity contribution in [3.8, 4) is 182 Å². The van der Waals surface area contributed by atoms with Gasteiger partial charge in [0.1, 0.15) is 102 Å². The minimum Gasteiger partial charge on any atom is -0.507 e. The van der Waals surface area contributed by atoms with Crippen LogP contribution in [-0.4, -0.2) is 163 Å². The molecule has 0 saturated heterocycles. The summed E-state index contributed by atoms with van der Waals surface area (Å²) in [5.41, 5.74) is 9.79. The number of primary sulfonamides is 1. The number of esters is 1. The molecular formula is C89H77BrCl3N11O20S. The summed E-state index contributed by atoms with van der Waals surface area (Å²) in [6.07, 6.45) is 3.42. The Labute approximate surface area is 737 Å². The third-order valence-electron chi connectivity index (χ3n) is 18.6. The Balaban J connectivity index is 0.000000152. The molecule has 15 aromatic rings. The Bertz CT molecular complexity index is 6670. The van der Waals surface area contributed by atoms with Crippen LogP contribution in [0.2, 0.25) is 15.1 Å². The molecule has 0 fully saturated rings. The number of amides is 1. The third-order valence-corrected chi connectivity index (χ3v) is 21.1. The second-order valence-electron chi connectivity index (χ2n) is 26.9. The van der Waals surface area contributed by atoms with Crippen molar-refractivity contribution in [2.24, 2.45) is 5.14 Å². The van der Waals surface area contributed by atoms with Crippen molar-refractivity contribution < 1.29 is 97.1 Å². The van der Waals surface area contributed by atoms with Crippen LogP contribution in [0.25, 0.3) is 95.7 Å². The fraction of sp³-hybridized carbons (Fsp3) is 0.124. The lowest BCUT2D eigenvalue weighted by molar-refractivity contribution is 0.0519. The summed E-state index contributed by atoms with van der Waals surface area (Å²) in [5, 5.41) is 131. The number of hydrogen-bond donors (Lipinski definition) is 11. The van der Waals surface area contributed by atoms with E-state index in [0.717, 1.165) is 58.0 Å². The van der Waals surface area contributed by atoms with Crippen molar-refractivity contribution in [3.05, 3.63) is 254 Å². The number of methoxy groups -OCH3 is 3. The summed E-state index contributed by atoms with van der Waals surface area (Å²) in [7, 11) is 3.77. The fourth-order valence-electron chi connectivity index (χ4n) is 12.5. The average molecular weight is 1840 g/mol. The maximum atomic E-state index is 12.3. The molecule has 31 nitrogen and oxygen atoms in total. The van der Waals surface area contributed by atoms with Crippen LogP contribution in [0.5, 0.6) is 74.7 Å². The zero-order chi connectivity index (χ0) is 90.4. The van der Waals surface area contributed by atoms with Crippen LogP contribution in [-0.2, 0) is 21.2 Å². The van der Waals surface area contributed by atoms with Crippen molar-refractivity contribution in [3.63, 3.8) is 0 Å². The van der Waals surface area contributed by atoms with Crippen LogP contribution in [0, 0.1) is 25.7 Å². The zero-order valence-electron chi connectivity index (χ0n) is 67.6. The van der Waals surface area contributed by atoms with E-state index in [1.165, 1.54) is 44.7 Å². The van der Waals surface area contributed by atoms with Crippen LogP contribution in [0.15, 0.2) is 225 Å². The van der Waals surface area contributed by atoms with E-state index in [1.54, 1.807) is 151 Å². The van der Waals surface area contributed by atoms with E-state index in [9.17, 15) is 69.1 Å². The maximum absolute atomic E-state index is 12.3. The smallest absolute Gasteiger partial charge is 0.361 e. The number of rotatable bonds is 18. The van der Waals surface area contributed by atoms with Crippen molar-refractivity contribution in [2.75, 3.05) is 42.0 Å². The summed E-state index contributed by atoms with van der Waals surface area (Å²) in [6.45, 7) is 7.24. The van der Waals surface area contributed by atoms with Gasteiger partial charge in [-0.2, -0.15) is 10.2 Å². The molecule has 642 valence electrons. The summed E-state index contributed by atoms with van der Waals surface area (Å²) < 4.78 is 59.3. The lowest BCUT2D eigenvalue weighted by Gasteiger charge is -2.15. The van der Waals surface area contributed by atoms with Crippen molar-refractivity contribution >= 4 is 72.6 Å². The summed E-state index contributed by atoms with van der Waals surface area (Å²) in [5.74, 6) is 5.70. The quantitative estimate of drug-likeness (QED) is 0.0281. The fourth-order valence-corrected chi connectivity index (χ4v) is 14.1. The standard InChI is InChI=1S/C21H19NO4.C18H16ClN3O5.C18H16ClN3O3.C17H14BrNO4.C15H12ClN3O4S/c1-4-5-6-15-11-17(19(24)12-18(15)23)21-20(13(2)22-26-21)14-7-9-16(25-3)10-8-14;1-3-27-18(25)16-17(10-4-6-11(26-2)7-5-10)22(21-20-16)13-8-12(19)14(23)9-15(13)24;1-21(2)18(25)12-9-11(16(23)10-17(12)24)14-7-8-20-22(14)15-6-4-3-5-13(15)19;1-9-16(10-3-5-11(22-2)6-4-10)17(19-23-9)12-7-13(18)15(21)8-14(12)20;16-10-3-1-2-4-12(10)19-11(5-6-18-19)9-7-15(24(17,22)23)14(21)8-13(9)20/h7-12,23-24H,6H2,1-3H3;4-9,23-24H,3H2,1-2H3;3-10,23-24H,1-2H3;3-8,20-21H,1-2H3;1-8,20-21H,(H2,17,22,23). The van der Waals surface area contributed by atoms with E-state index < -0.39 is 26.6 Å². The van der Waals surface area contributed by atoms with Crippen LogP contribution in [0.1, 0.15) is 51.7 Å². The number of aromatic hydroxyl groups is 10. The van der Waals surface area contributed by atoms with Gasteiger partial charge < -0.3 is 84.0 Å². The first-order chi connectivity index (χ1) is 59.7. The number of aryl methyl sites for hydroxylation is 2. The van der Waals surface area contributed by atoms with Crippen LogP contribution in [0.3, 0.4) is 0 Å². The zero-order valence-corrected chi connectivity index (χ0v) is 72.2. The van der Waals surface area contributed by atoms with E-state index in [2.05, 4.69) is 58.6 Å². The van der Waals surface area contributed by atoms with Crippen molar-refractivity contribution in [2.45, 2.75) is 39.0 Å². The molecule has 0 atom stereocenters. The van der Waals surface area contributed by atoms with E-state index in [0.29, 0.717) is 106 Å². The number of para-hydroxylation sites is 2. The highest BCUT2D eigenvalue weighted by Gasteiger charge is 2.29. The number of nitrogens with zero attached hydrogens (tertiary/aromatic N) is 10. The van der Waals surface area contributed by atoms with Crippen molar-refractivity contribution in [1.82, 2.24) is 49.8 Å². The van der Waals surface area contributed by atoms with E-state index in [1.807, 2.05) is 68.4 Å². The Morgan fingerprint density at radius 1 is 0.528 bits per heavy atom. The Kier molecular flexibility index (Phi) is 29.1. The molecule has 15 rings (SSSR count). The Hall–Kier alpha value is -14.7. The van der Waals surface area contributed by atoms with Gasteiger partial charge >= 0.3 is 5.97 Å². The van der Waals surface area contributed by atoms with Gasteiger partial charge in [0.05, 0.1) is 111 Å². The topological polar surface area (TPSA) is 455 Å². The molecule has 1 amide bonds. The first-order valence-corrected chi connectivity index (χ1v) is 40.5. The van der Waals surface area contributed by atoms with Gasteiger partial charge in [-0.3, -0.25) is 4.79 Å². The first-order valence-electron chi connectivity index (χ1n) is 37.0. The summed E-state index contributed by atoms with van der Waals surface area (Å²) in [4.78, 5) is 25.4. The molecule has 0 unspecified atom stereocenters. The maximum Gasteiger partial charge on any atom is 0.361 e. The number of carbonyl (C=O) groups excluding carboxylic acids is 2. The second-order valence-corrected chi connectivity index (χ2v) is 30.5. The first kappa shape index (κ1) is 91.1. The van der Waals surface area contributed by atoms with Crippen LogP contribution in [0.4, 0.5) is 0 Å². The van der Waals surface area contributed by atoms with E-state index >= 15 is 0 Å². The molecule has 0 aliphatic heterocycles. The average Bonchev–Trinajstić information content (AvgIpc) is 1.68. The van der Waals surface area contributed by atoms with Gasteiger partial charge in [0.25, 0.3) is 5.91 Å².